The van der Waals surface area contributed by atoms with Crippen LogP contribution in [0, 0.1) is 20.2 Å². The first kappa shape index (κ1) is 24.4. The van der Waals surface area contributed by atoms with Gasteiger partial charge in [0.2, 0.25) is 5.75 Å². The van der Waals surface area contributed by atoms with Crippen LogP contribution in [0.25, 0.3) is 0 Å². The maximum atomic E-state index is 12.7. The van der Waals surface area contributed by atoms with Crippen molar-refractivity contribution in [3.63, 3.8) is 0 Å². The molecule has 0 bridgehead atoms. The molecular formula is C22H23N3O9. The second kappa shape index (κ2) is 10.6. The maximum Gasteiger partial charge on any atom is 0.365 e. The number of ether oxygens (including phenoxy) is 3. The highest BCUT2D eigenvalue weighted by Crippen LogP contribution is 2.39. The first-order valence-electron chi connectivity index (χ1n) is 10.3. The fourth-order valence-corrected chi connectivity index (χ4v) is 3.89. The van der Waals surface area contributed by atoms with Crippen molar-refractivity contribution in [1.82, 2.24) is 0 Å². The van der Waals surface area contributed by atoms with E-state index < -0.39 is 21.7 Å². The zero-order valence-electron chi connectivity index (χ0n) is 18.8. The minimum absolute atomic E-state index is 0.104. The molecule has 1 saturated carbocycles. The predicted octanol–water partition coefficient (Wildman–Crippen LogP) is 4.40. The van der Waals surface area contributed by atoms with Crippen molar-refractivity contribution in [3.8, 4) is 17.2 Å². The van der Waals surface area contributed by atoms with Gasteiger partial charge >= 0.3 is 5.97 Å². The molecule has 1 unspecified atom stereocenters. The van der Waals surface area contributed by atoms with E-state index in [-0.39, 0.29) is 34.0 Å². The van der Waals surface area contributed by atoms with Crippen LogP contribution >= 0.6 is 0 Å². The van der Waals surface area contributed by atoms with Crippen LogP contribution in [0.4, 0.5) is 11.4 Å². The molecule has 1 fully saturated rings. The Bertz CT molecular complexity index is 1120. The van der Waals surface area contributed by atoms with E-state index in [0.29, 0.717) is 24.3 Å². The Kier molecular flexibility index (Phi) is 7.61. The molecule has 2 aromatic rings. The third-order valence-electron chi connectivity index (χ3n) is 5.52. The van der Waals surface area contributed by atoms with Gasteiger partial charge in [0.05, 0.1) is 48.5 Å². The summed E-state index contributed by atoms with van der Waals surface area (Å²) in [5.41, 5.74) is 0.0951. The van der Waals surface area contributed by atoms with Gasteiger partial charge in [0.25, 0.3) is 11.4 Å². The highest BCUT2D eigenvalue weighted by Gasteiger charge is 2.31. The summed E-state index contributed by atoms with van der Waals surface area (Å²) in [6, 6.07) is 6.36. The molecule has 34 heavy (non-hydrogen) atoms. The van der Waals surface area contributed by atoms with E-state index in [1.54, 1.807) is 0 Å². The van der Waals surface area contributed by atoms with Gasteiger partial charge in [-0.1, -0.05) is 11.6 Å². The van der Waals surface area contributed by atoms with Crippen LogP contribution in [0.2, 0.25) is 0 Å². The average molecular weight is 473 g/mol. The zero-order valence-corrected chi connectivity index (χ0v) is 18.8. The van der Waals surface area contributed by atoms with Gasteiger partial charge in [-0.05, 0) is 37.5 Å². The van der Waals surface area contributed by atoms with Crippen molar-refractivity contribution in [2.24, 2.45) is 5.16 Å². The van der Waals surface area contributed by atoms with E-state index in [1.165, 1.54) is 45.6 Å². The van der Waals surface area contributed by atoms with Crippen molar-refractivity contribution < 1.29 is 33.7 Å². The van der Waals surface area contributed by atoms with Crippen LogP contribution in [0.3, 0.4) is 0 Å². The lowest BCUT2D eigenvalue weighted by Crippen LogP contribution is -2.20. The zero-order chi connectivity index (χ0) is 24.8. The minimum Gasteiger partial charge on any atom is -0.493 e. The third-order valence-corrected chi connectivity index (χ3v) is 5.52. The first-order valence-corrected chi connectivity index (χ1v) is 10.3. The Balaban J connectivity index is 1.92. The summed E-state index contributed by atoms with van der Waals surface area (Å²) in [5, 5.41) is 26.7. The van der Waals surface area contributed by atoms with Crippen LogP contribution in [0.5, 0.6) is 17.2 Å². The summed E-state index contributed by atoms with van der Waals surface area (Å²) in [4.78, 5) is 39.2. The summed E-state index contributed by atoms with van der Waals surface area (Å²) in [6.45, 7) is 0. The molecule has 3 rings (SSSR count). The summed E-state index contributed by atoms with van der Waals surface area (Å²) in [5.74, 6) is -0.459. The Morgan fingerprint density at radius 3 is 2.21 bits per heavy atom. The van der Waals surface area contributed by atoms with Crippen molar-refractivity contribution in [1.29, 1.82) is 0 Å². The monoisotopic (exact) mass is 473 g/mol. The van der Waals surface area contributed by atoms with E-state index in [1.807, 2.05) is 0 Å². The molecule has 12 nitrogen and oxygen atoms in total. The van der Waals surface area contributed by atoms with Crippen molar-refractivity contribution in [2.45, 2.75) is 31.6 Å². The van der Waals surface area contributed by atoms with E-state index >= 15 is 0 Å². The highest BCUT2D eigenvalue weighted by molar-refractivity contribution is 5.95. The number of non-ortho nitro benzene ring substituents is 1. The Hall–Kier alpha value is -4.22. The summed E-state index contributed by atoms with van der Waals surface area (Å²) in [7, 11) is 4.26. The van der Waals surface area contributed by atoms with Gasteiger partial charge in [0, 0.05) is 17.5 Å². The number of methoxy groups -OCH3 is 3. The molecule has 12 heteroatoms. The molecule has 180 valence electrons. The molecule has 0 spiro atoms. The summed E-state index contributed by atoms with van der Waals surface area (Å²) in [6.07, 6.45) is 2.52. The Labute approximate surface area is 194 Å². The molecule has 0 radical (unpaired) electrons. The SMILES string of the molecule is COc1cc(C(=O)ON=C2CCCCC2c2ccc([N+](=O)[O-])cc2[N+](=O)[O-])cc(OC)c1OC. The molecule has 2 aromatic carbocycles. The number of oxime groups is 1. The third kappa shape index (κ3) is 5.05. The van der Waals surface area contributed by atoms with Crippen LogP contribution in [0.1, 0.15) is 47.5 Å². The normalized spacial score (nSPS) is 16.6. The number of carbonyl (C=O) groups is 1. The fourth-order valence-electron chi connectivity index (χ4n) is 3.89. The second-order valence-electron chi connectivity index (χ2n) is 7.43. The molecule has 0 amide bonds. The van der Waals surface area contributed by atoms with Crippen LogP contribution in [-0.2, 0) is 4.84 Å². The van der Waals surface area contributed by atoms with Crippen molar-refractivity contribution >= 4 is 23.1 Å². The van der Waals surface area contributed by atoms with Gasteiger partial charge in [0.15, 0.2) is 11.5 Å². The van der Waals surface area contributed by atoms with Crippen LogP contribution in [-0.4, -0.2) is 42.9 Å². The lowest BCUT2D eigenvalue weighted by molar-refractivity contribution is -0.394. The van der Waals surface area contributed by atoms with Crippen LogP contribution in [0.15, 0.2) is 35.5 Å². The molecule has 1 aliphatic rings. The fraction of sp³-hybridized carbons (Fsp3) is 0.364. The smallest absolute Gasteiger partial charge is 0.365 e. The van der Waals surface area contributed by atoms with E-state index in [9.17, 15) is 25.0 Å². The number of hydrogen-bond acceptors (Lipinski definition) is 10. The summed E-state index contributed by atoms with van der Waals surface area (Å²) < 4.78 is 15.7. The molecule has 0 aliphatic heterocycles. The lowest BCUT2D eigenvalue weighted by Gasteiger charge is -2.23. The van der Waals surface area contributed by atoms with Gasteiger partial charge in [-0.25, -0.2) is 4.79 Å². The number of nitrogens with zero attached hydrogens (tertiary/aromatic N) is 3. The quantitative estimate of drug-likeness (QED) is 0.308. The van der Waals surface area contributed by atoms with E-state index in [4.69, 9.17) is 19.0 Å². The number of rotatable bonds is 8. The van der Waals surface area contributed by atoms with Crippen molar-refractivity contribution in [2.75, 3.05) is 21.3 Å². The van der Waals surface area contributed by atoms with E-state index in [0.717, 1.165) is 18.9 Å². The largest absolute Gasteiger partial charge is 0.493 e. The predicted molar refractivity (Wildman–Crippen MR) is 120 cm³/mol. The molecule has 0 saturated heterocycles. The minimum atomic E-state index is -0.783. The highest BCUT2D eigenvalue weighted by atomic mass is 16.7. The average Bonchev–Trinajstić information content (AvgIpc) is 2.85. The van der Waals surface area contributed by atoms with Gasteiger partial charge in [-0.15, -0.1) is 0 Å². The maximum absolute atomic E-state index is 12.7. The molecule has 1 aliphatic carbocycles. The lowest BCUT2D eigenvalue weighted by atomic mass is 9.81. The Morgan fingerprint density at radius 2 is 1.65 bits per heavy atom. The first-order chi connectivity index (χ1) is 16.3. The molecule has 0 aromatic heterocycles. The van der Waals surface area contributed by atoms with Crippen molar-refractivity contribution in [3.05, 3.63) is 61.7 Å². The van der Waals surface area contributed by atoms with Gasteiger partial charge < -0.3 is 19.0 Å². The molecular weight excluding hydrogens is 450 g/mol. The number of nitro groups is 2. The van der Waals surface area contributed by atoms with E-state index in [2.05, 4.69) is 5.16 Å². The Morgan fingerprint density at radius 1 is 0.971 bits per heavy atom. The molecule has 0 heterocycles. The number of hydrogen-bond donors (Lipinski definition) is 0. The summed E-state index contributed by atoms with van der Waals surface area (Å²) >= 11 is 0. The molecule has 0 N–H and O–H groups in total. The van der Waals surface area contributed by atoms with Gasteiger partial charge in [-0.3, -0.25) is 20.2 Å². The molecule has 1 atom stereocenters. The van der Waals surface area contributed by atoms with Crippen LogP contribution < -0.4 is 14.2 Å². The number of carbonyl (C=O) groups excluding carboxylic acids is 1. The second-order valence-corrected chi connectivity index (χ2v) is 7.43. The topological polar surface area (TPSA) is 153 Å². The standard InChI is InChI=1S/C22H23N3O9/c1-31-19-10-13(11-20(32-2)21(19)33-3)22(26)34-23-17-7-5-4-6-15(17)16-9-8-14(24(27)28)12-18(16)25(29)30/h8-12,15H,4-7H2,1-3H3. The van der Waals surface area contributed by atoms with Gasteiger partial charge in [-0.2, -0.15) is 0 Å². The number of nitro benzene ring substituents is 2. The van der Waals surface area contributed by atoms with Gasteiger partial charge in [0.1, 0.15) is 0 Å². The number of benzene rings is 2.